The van der Waals surface area contributed by atoms with Crippen LogP contribution in [-0.4, -0.2) is 0 Å². The molecule has 0 amide bonds. The molecule has 2 aliphatic rings. The molecular weight excluding hydrogens is 1010 g/mol. The summed E-state index contributed by atoms with van der Waals surface area (Å²) < 4.78 is 0. The van der Waals surface area contributed by atoms with E-state index in [4.69, 9.17) is 0 Å². The van der Waals surface area contributed by atoms with Crippen molar-refractivity contribution in [3.8, 4) is 44.5 Å². The van der Waals surface area contributed by atoms with Gasteiger partial charge < -0.3 is 0 Å². The van der Waals surface area contributed by atoms with Gasteiger partial charge in [0.15, 0.2) is 0 Å². The molecule has 0 aromatic heterocycles. The number of fused-ring (bicyclic) bond motifs is 8. The van der Waals surface area contributed by atoms with Crippen molar-refractivity contribution >= 4 is 44.8 Å². The van der Waals surface area contributed by atoms with Gasteiger partial charge in [-0.2, -0.15) is 0 Å². The van der Waals surface area contributed by atoms with Gasteiger partial charge in [0.25, 0.3) is 0 Å². The van der Waals surface area contributed by atoms with Crippen LogP contribution in [0, 0.1) is 0 Å². The first-order chi connectivity index (χ1) is 41.5. The minimum absolute atomic E-state index is 0.0397. The third-order valence-electron chi connectivity index (χ3n) is 19.1. The largest absolute Gasteiger partial charge is 0.0654 e. The summed E-state index contributed by atoms with van der Waals surface area (Å²) in [5, 5.41) is 5.03. The van der Waals surface area contributed by atoms with E-state index in [2.05, 4.69) is 283 Å². The molecule has 2 aliphatic carbocycles. The van der Waals surface area contributed by atoms with Gasteiger partial charge in [0.05, 0.1) is 0 Å². The van der Waals surface area contributed by atoms with Gasteiger partial charge in [-0.15, -0.1) is 0 Å². The summed E-state index contributed by atoms with van der Waals surface area (Å²) in [4.78, 5) is 0. The molecule has 0 heteroatoms. The normalized spacial score (nSPS) is 13.9. The molecule has 0 spiro atoms. The second-order valence-electron chi connectivity index (χ2n) is 24.1. The summed E-state index contributed by atoms with van der Waals surface area (Å²) in [6, 6.07) is 92.2. The molecule has 0 aliphatic heterocycles. The summed E-state index contributed by atoms with van der Waals surface area (Å²) in [6.07, 6.45) is 19.3. The third-order valence-corrected chi connectivity index (χ3v) is 19.1. The Morgan fingerprint density at radius 1 is 0.286 bits per heavy atom. The Balaban J connectivity index is 0.875. The van der Waals surface area contributed by atoms with E-state index in [1.165, 1.54) is 210 Å². The van der Waals surface area contributed by atoms with Crippen molar-refractivity contribution in [2.24, 2.45) is 0 Å². The third kappa shape index (κ3) is 9.88. The van der Waals surface area contributed by atoms with Crippen LogP contribution in [0.3, 0.4) is 0 Å². The van der Waals surface area contributed by atoms with Crippen LogP contribution in [0.5, 0.6) is 0 Å². The number of rotatable bonds is 20. The van der Waals surface area contributed by atoms with E-state index in [0.717, 1.165) is 0 Å². The Labute approximate surface area is 500 Å². The Hall–Kier alpha value is -8.58. The zero-order chi connectivity index (χ0) is 57.0. The van der Waals surface area contributed by atoms with Gasteiger partial charge >= 0.3 is 0 Å². The quantitative estimate of drug-likeness (QED) is 0.0527. The van der Waals surface area contributed by atoms with Crippen LogP contribution in [0.4, 0.5) is 0 Å². The lowest BCUT2D eigenvalue weighted by Crippen LogP contribution is -2.25. The summed E-state index contributed by atoms with van der Waals surface area (Å²) >= 11 is 0. The maximum Gasteiger partial charge on any atom is 0.0215 e. The van der Waals surface area contributed by atoms with Crippen LogP contribution in [-0.2, 0) is 10.8 Å². The Morgan fingerprint density at radius 3 is 0.929 bits per heavy atom. The number of benzene rings is 11. The molecule has 414 valence electrons. The standard InChI is InChI=1S/C84H78/c1-5-9-51-83(52-10-6-2)77-37-25-23-31-67(77)69-49-39-59(57-79(69)83)55-75(61-27-15-13-16-28-61)63-41-45-65(46-42-63)81-71-33-19-21-35-73(71)82(74-36-22-20-34-72(74)81)66-47-43-64(44-48-66)76(62-29-17-14-18-30-62)56-60-40-50-70-68-32-24-26-38-78(68)84(53-11-7-3,54-12-8-4)80(70)58-60/h13-50,55-58H,5-12,51-54H2,1-4H3/b75-55+,76-56+. The molecule has 0 saturated heterocycles. The molecule has 0 fully saturated rings. The van der Waals surface area contributed by atoms with E-state index in [-0.39, 0.29) is 10.8 Å². The highest BCUT2D eigenvalue weighted by Crippen LogP contribution is 2.56. The number of hydrogen-bond donors (Lipinski definition) is 0. The van der Waals surface area contributed by atoms with E-state index < -0.39 is 0 Å². The predicted octanol–water partition coefficient (Wildman–Crippen LogP) is 23.8. The van der Waals surface area contributed by atoms with Crippen LogP contribution in [0.1, 0.15) is 160 Å². The molecule has 0 unspecified atom stereocenters. The van der Waals surface area contributed by atoms with Crippen LogP contribution < -0.4 is 0 Å². The highest BCUT2D eigenvalue weighted by molar-refractivity contribution is 6.21. The molecule has 0 saturated carbocycles. The molecule has 0 atom stereocenters. The van der Waals surface area contributed by atoms with E-state index in [1.807, 2.05) is 0 Å². The molecule has 0 nitrogen and oxygen atoms in total. The van der Waals surface area contributed by atoms with Gasteiger partial charge in [0, 0.05) is 10.8 Å². The smallest absolute Gasteiger partial charge is 0.0215 e. The topological polar surface area (TPSA) is 0 Å². The van der Waals surface area contributed by atoms with Crippen molar-refractivity contribution in [3.63, 3.8) is 0 Å². The maximum absolute atomic E-state index is 2.55. The average molecular weight is 1090 g/mol. The van der Waals surface area contributed by atoms with Crippen LogP contribution in [0.2, 0.25) is 0 Å². The molecule has 11 aromatic carbocycles. The first-order valence-corrected chi connectivity index (χ1v) is 31.6. The highest BCUT2D eigenvalue weighted by atomic mass is 14.5. The second kappa shape index (κ2) is 24.0. The van der Waals surface area contributed by atoms with Gasteiger partial charge in [0.2, 0.25) is 0 Å². The van der Waals surface area contributed by atoms with Gasteiger partial charge in [0.1, 0.15) is 0 Å². The van der Waals surface area contributed by atoms with Crippen molar-refractivity contribution in [1.82, 2.24) is 0 Å². The lowest BCUT2D eigenvalue weighted by Gasteiger charge is -2.33. The van der Waals surface area contributed by atoms with Crippen molar-refractivity contribution in [1.29, 1.82) is 0 Å². The van der Waals surface area contributed by atoms with Crippen LogP contribution >= 0.6 is 0 Å². The maximum atomic E-state index is 2.55. The van der Waals surface area contributed by atoms with Crippen molar-refractivity contribution in [3.05, 3.63) is 298 Å². The fourth-order valence-corrected chi connectivity index (χ4v) is 15.0. The van der Waals surface area contributed by atoms with Gasteiger partial charge in [-0.3, -0.25) is 0 Å². The van der Waals surface area contributed by atoms with E-state index in [9.17, 15) is 0 Å². The fraction of sp³-hybridized carbons (Fsp3) is 0.214. The van der Waals surface area contributed by atoms with Gasteiger partial charge in [-0.1, -0.05) is 322 Å². The molecule has 11 aromatic rings. The Morgan fingerprint density at radius 2 is 0.583 bits per heavy atom. The Bertz CT molecular complexity index is 3860. The molecule has 0 N–H and O–H groups in total. The second-order valence-corrected chi connectivity index (χ2v) is 24.1. The van der Waals surface area contributed by atoms with Crippen molar-refractivity contribution in [2.45, 2.75) is 116 Å². The van der Waals surface area contributed by atoms with Crippen molar-refractivity contribution < 1.29 is 0 Å². The Kier molecular flexibility index (Phi) is 15.6. The summed E-state index contributed by atoms with van der Waals surface area (Å²) in [5.74, 6) is 0. The molecular formula is C84H78. The minimum Gasteiger partial charge on any atom is -0.0654 e. The lowest BCUT2D eigenvalue weighted by molar-refractivity contribution is 0.414. The predicted molar refractivity (Wildman–Crippen MR) is 363 cm³/mol. The van der Waals surface area contributed by atoms with Crippen LogP contribution in [0.25, 0.3) is 89.4 Å². The molecule has 0 bridgehead atoms. The highest BCUT2D eigenvalue weighted by Gasteiger charge is 2.43. The number of unbranched alkanes of at least 4 members (excludes halogenated alkanes) is 4. The molecule has 0 radical (unpaired) electrons. The zero-order valence-corrected chi connectivity index (χ0v) is 49.7. The van der Waals surface area contributed by atoms with E-state index in [0.29, 0.717) is 0 Å². The summed E-state index contributed by atoms with van der Waals surface area (Å²) in [5.41, 5.74) is 26.6. The monoisotopic (exact) mass is 1090 g/mol. The van der Waals surface area contributed by atoms with E-state index in [1.54, 1.807) is 0 Å². The number of hydrogen-bond acceptors (Lipinski definition) is 0. The molecule has 84 heavy (non-hydrogen) atoms. The SMILES string of the molecule is CCCCC1(CCCC)c2ccccc2-c2ccc(/C=C(\c3ccccc3)c3ccc(-c4c5ccccc5c(-c5ccc(/C(=C/c6ccc7c(c6)C(CCCC)(CCCC)c6ccccc6-7)c6ccccc6)cc5)c5ccccc45)cc3)cc21. The zero-order valence-electron chi connectivity index (χ0n) is 49.7. The lowest BCUT2D eigenvalue weighted by atomic mass is 9.70. The average Bonchev–Trinajstić information content (AvgIpc) is 3.37. The van der Waals surface area contributed by atoms with Crippen molar-refractivity contribution in [2.75, 3.05) is 0 Å². The first kappa shape index (κ1) is 54.7. The molecule has 0 heterocycles. The first-order valence-electron chi connectivity index (χ1n) is 31.6. The van der Waals surface area contributed by atoms with E-state index >= 15 is 0 Å². The minimum atomic E-state index is 0.0397. The van der Waals surface area contributed by atoms with Gasteiger partial charge in [-0.05, 0) is 171 Å². The summed E-state index contributed by atoms with van der Waals surface area (Å²) in [7, 11) is 0. The summed E-state index contributed by atoms with van der Waals surface area (Å²) in [6.45, 7) is 9.35. The fourth-order valence-electron chi connectivity index (χ4n) is 15.0. The molecule has 13 rings (SSSR count). The van der Waals surface area contributed by atoms with Gasteiger partial charge in [-0.25, -0.2) is 0 Å². The van der Waals surface area contributed by atoms with Crippen LogP contribution in [0.15, 0.2) is 243 Å².